The van der Waals surface area contributed by atoms with Crippen LogP contribution in [0.1, 0.15) is 49.3 Å². The Hall–Kier alpha value is -0.920. The van der Waals surface area contributed by atoms with Crippen molar-refractivity contribution < 1.29 is 0 Å². The van der Waals surface area contributed by atoms with Crippen LogP contribution in [0.25, 0.3) is 0 Å². The largest absolute Gasteiger partial charge is 0.234 e. The molecule has 1 aliphatic carbocycles. The van der Waals surface area contributed by atoms with Crippen LogP contribution < -0.4 is 0 Å². The predicted octanol–water partition coefficient (Wildman–Crippen LogP) is 2.63. The quantitative estimate of drug-likeness (QED) is 0.655. The second kappa shape index (κ2) is 3.86. The monoisotopic (exact) mass is 175 g/mol. The van der Waals surface area contributed by atoms with E-state index in [1.54, 1.807) is 0 Å². The standard InChI is InChI=1S/C11H15N2/c1-9-7-12-8-13-11(9)10-5-3-2-4-6-10/h7,10H,2-6H2,1H3. The number of aromatic nitrogens is 2. The average molecular weight is 175 g/mol. The van der Waals surface area contributed by atoms with Crippen molar-refractivity contribution in [1.82, 2.24) is 9.97 Å². The molecule has 1 radical (unpaired) electrons. The third-order valence-electron chi connectivity index (χ3n) is 2.88. The van der Waals surface area contributed by atoms with Crippen molar-refractivity contribution in [2.45, 2.75) is 44.9 Å². The first kappa shape index (κ1) is 8.67. The first-order chi connectivity index (χ1) is 6.38. The normalized spacial score (nSPS) is 18.8. The van der Waals surface area contributed by atoms with E-state index < -0.39 is 0 Å². The molecule has 0 bridgehead atoms. The van der Waals surface area contributed by atoms with Crippen LogP contribution in [-0.2, 0) is 0 Å². The fraction of sp³-hybridized carbons (Fsp3) is 0.636. The summed E-state index contributed by atoms with van der Waals surface area (Å²) in [5, 5.41) is 0. The van der Waals surface area contributed by atoms with Gasteiger partial charge in [0.15, 0.2) is 6.33 Å². The van der Waals surface area contributed by atoms with Gasteiger partial charge in [0.25, 0.3) is 0 Å². The van der Waals surface area contributed by atoms with E-state index in [0.717, 1.165) is 0 Å². The molecule has 0 N–H and O–H groups in total. The van der Waals surface area contributed by atoms with E-state index in [2.05, 4.69) is 23.2 Å². The average Bonchev–Trinajstić information content (AvgIpc) is 2.20. The van der Waals surface area contributed by atoms with Gasteiger partial charge in [0, 0.05) is 12.1 Å². The summed E-state index contributed by atoms with van der Waals surface area (Å²) in [6, 6.07) is 0. The molecule has 1 aromatic heterocycles. The molecule has 0 atom stereocenters. The van der Waals surface area contributed by atoms with Gasteiger partial charge in [-0.15, -0.1) is 0 Å². The molecule has 0 amide bonds. The van der Waals surface area contributed by atoms with E-state index in [9.17, 15) is 0 Å². The molecule has 1 fully saturated rings. The Labute approximate surface area is 79.4 Å². The van der Waals surface area contributed by atoms with E-state index >= 15 is 0 Å². The van der Waals surface area contributed by atoms with Crippen LogP contribution in [-0.4, -0.2) is 9.97 Å². The topological polar surface area (TPSA) is 25.8 Å². The third-order valence-corrected chi connectivity index (χ3v) is 2.88. The zero-order chi connectivity index (χ0) is 9.10. The number of rotatable bonds is 1. The van der Waals surface area contributed by atoms with Gasteiger partial charge in [-0.3, -0.25) is 0 Å². The lowest BCUT2D eigenvalue weighted by Gasteiger charge is -2.21. The summed E-state index contributed by atoms with van der Waals surface area (Å²) in [5.41, 5.74) is 2.46. The van der Waals surface area contributed by atoms with Crippen LogP contribution >= 0.6 is 0 Å². The van der Waals surface area contributed by atoms with Crippen molar-refractivity contribution >= 4 is 0 Å². The van der Waals surface area contributed by atoms with Gasteiger partial charge in [0.1, 0.15) is 0 Å². The van der Waals surface area contributed by atoms with E-state index in [4.69, 9.17) is 0 Å². The zero-order valence-electron chi connectivity index (χ0n) is 8.08. The fourth-order valence-corrected chi connectivity index (χ4v) is 2.15. The van der Waals surface area contributed by atoms with Crippen molar-refractivity contribution in [3.8, 4) is 0 Å². The zero-order valence-corrected chi connectivity index (χ0v) is 8.08. The summed E-state index contributed by atoms with van der Waals surface area (Å²) in [5.74, 6) is 0.674. The molecule has 0 unspecified atom stereocenters. The third kappa shape index (κ3) is 1.87. The summed E-state index contributed by atoms with van der Waals surface area (Å²) in [6.07, 6.45) is 11.3. The number of aryl methyl sites for hydroxylation is 1. The number of nitrogens with zero attached hydrogens (tertiary/aromatic N) is 2. The van der Waals surface area contributed by atoms with Gasteiger partial charge in [0.05, 0.1) is 5.69 Å². The Kier molecular flexibility index (Phi) is 2.57. The van der Waals surface area contributed by atoms with Crippen molar-refractivity contribution in [2.75, 3.05) is 0 Å². The van der Waals surface area contributed by atoms with Gasteiger partial charge in [-0.1, -0.05) is 19.3 Å². The Bertz CT molecular complexity index is 277. The highest BCUT2D eigenvalue weighted by molar-refractivity contribution is 5.18. The van der Waals surface area contributed by atoms with Gasteiger partial charge in [0.2, 0.25) is 0 Å². The predicted molar refractivity (Wildman–Crippen MR) is 51.4 cm³/mol. The minimum absolute atomic E-state index is 0.674. The maximum atomic E-state index is 4.27. The Balaban J connectivity index is 2.18. The van der Waals surface area contributed by atoms with Crippen molar-refractivity contribution in [3.63, 3.8) is 0 Å². The Morgan fingerprint density at radius 1 is 1.31 bits per heavy atom. The molecule has 2 nitrogen and oxygen atoms in total. The number of hydrogen-bond donors (Lipinski definition) is 0. The van der Waals surface area contributed by atoms with Gasteiger partial charge >= 0.3 is 0 Å². The van der Waals surface area contributed by atoms with E-state index in [-0.39, 0.29) is 0 Å². The molecule has 1 aliphatic rings. The molecule has 2 rings (SSSR count). The van der Waals surface area contributed by atoms with Crippen molar-refractivity contribution in [1.29, 1.82) is 0 Å². The number of hydrogen-bond acceptors (Lipinski definition) is 2. The molecule has 69 valence electrons. The highest BCUT2D eigenvalue weighted by Gasteiger charge is 2.18. The highest BCUT2D eigenvalue weighted by atomic mass is 14.8. The molecular weight excluding hydrogens is 160 g/mol. The van der Waals surface area contributed by atoms with Gasteiger partial charge in [-0.2, -0.15) is 0 Å². The maximum Gasteiger partial charge on any atom is 0.197 e. The Morgan fingerprint density at radius 3 is 2.77 bits per heavy atom. The van der Waals surface area contributed by atoms with Crippen LogP contribution in [0.3, 0.4) is 0 Å². The lowest BCUT2D eigenvalue weighted by atomic mass is 9.85. The molecular formula is C11H15N2. The van der Waals surface area contributed by atoms with Crippen LogP contribution in [0.4, 0.5) is 0 Å². The summed E-state index contributed by atoms with van der Waals surface area (Å²) in [4.78, 5) is 8.17. The second-order valence-corrected chi connectivity index (χ2v) is 3.87. The summed E-state index contributed by atoms with van der Waals surface area (Å²) >= 11 is 0. The van der Waals surface area contributed by atoms with E-state index in [1.165, 1.54) is 43.4 Å². The molecule has 0 aromatic carbocycles. The van der Waals surface area contributed by atoms with Crippen molar-refractivity contribution in [2.24, 2.45) is 0 Å². The van der Waals surface area contributed by atoms with E-state index in [1.807, 2.05) is 6.20 Å². The lowest BCUT2D eigenvalue weighted by molar-refractivity contribution is 0.434. The molecule has 1 saturated carbocycles. The second-order valence-electron chi connectivity index (χ2n) is 3.87. The smallest absolute Gasteiger partial charge is 0.197 e. The van der Waals surface area contributed by atoms with Crippen LogP contribution in [0, 0.1) is 13.3 Å². The fourth-order valence-electron chi connectivity index (χ4n) is 2.15. The van der Waals surface area contributed by atoms with Gasteiger partial charge in [-0.05, 0) is 25.3 Å². The van der Waals surface area contributed by atoms with Crippen LogP contribution in [0.5, 0.6) is 0 Å². The van der Waals surface area contributed by atoms with Crippen LogP contribution in [0.15, 0.2) is 6.20 Å². The molecule has 0 spiro atoms. The summed E-state index contributed by atoms with van der Waals surface area (Å²) in [6.45, 7) is 2.10. The van der Waals surface area contributed by atoms with Gasteiger partial charge < -0.3 is 0 Å². The maximum absolute atomic E-state index is 4.27. The summed E-state index contributed by atoms with van der Waals surface area (Å²) in [7, 11) is 0. The highest BCUT2D eigenvalue weighted by Crippen LogP contribution is 2.32. The first-order valence-electron chi connectivity index (χ1n) is 5.07. The van der Waals surface area contributed by atoms with Crippen LogP contribution in [0.2, 0.25) is 0 Å². The molecule has 13 heavy (non-hydrogen) atoms. The SMILES string of the molecule is Cc1cn[c]nc1C1CCCCC1. The molecule has 1 heterocycles. The molecule has 2 heteroatoms. The molecule has 0 saturated heterocycles. The minimum atomic E-state index is 0.674. The molecule has 1 aromatic rings. The van der Waals surface area contributed by atoms with Crippen molar-refractivity contribution in [3.05, 3.63) is 23.8 Å². The first-order valence-corrected chi connectivity index (χ1v) is 5.07. The van der Waals surface area contributed by atoms with E-state index in [0.29, 0.717) is 5.92 Å². The minimum Gasteiger partial charge on any atom is -0.234 e. The van der Waals surface area contributed by atoms with Gasteiger partial charge in [-0.25, -0.2) is 9.97 Å². The summed E-state index contributed by atoms with van der Waals surface area (Å²) < 4.78 is 0. The molecule has 0 aliphatic heterocycles. The Morgan fingerprint density at radius 2 is 2.08 bits per heavy atom. The lowest BCUT2D eigenvalue weighted by Crippen LogP contribution is -2.08.